The fraction of sp³-hybridized carbons (Fsp3) is 0.600. The molecule has 8 atom stereocenters. The minimum atomic E-state index is -0.764. The largest absolute Gasteiger partial charge is 0.481 e. The highest BCUT2D eigenvalue weighted by Gasteiger charge is 2.42. The molecule has 2 heterocycles. The molecule has 3 aliphatic rings. The fourth-order valence-electron chi connectivity index (χ4n) is 6.63. The van der Waals surface area contributed by atoms with Crippen molar-refractivity contribution in [1.82, 2.24) is 4.98 Å². The Kier molecular flexibility index (Phi) is 8.48. The molecule has 2 aliphatic carbocycles. The Morgan fingerprint density at radius 2 is 2.03 bits per heavy atom. The minimum absolute atomic E-state index is 0.0315. The third-order valence-electron chi connectivity index (χ3n) is 8.62. The summed E-state index contributed by atoms with van der Waals surface area (Å²) in [5.74, 6) is 0.323. The summed E-state index contributed by atoms with van der Waals surface area (Å²) in [6.45, 7) is 6.26. The van der Waals surface area contributed by atoms with Gasteiger partial charge in [0.1, 0.15) is 0 Å². The third kappa shape index (κ3) is 5.55. The van der Waals surface area contributed by atoms with Crippen LogP contribution in [0.5, 0.6) is 0 Å². The van der Waals surface area contributed by atoms with Gasteiger partial charge in [-0.3, -0.25) is 9.59 Å². The number of hydrogen-bond acceptors (Lipinski definition) is 3. The van der Waals surface area contributed by atoms with Gasteiger partial charge in [-0.25, -0.2) is 0 Å². The molecule has 8 unspecified atom stereocenters. The number of hydrogen-bond donors (Lipinski definition) is 2. The number of carbonyl (C=O) groups is 2. The number of aromatic nitrogens is 1. The topological polar surface area (TPSA) is 79.4 Å². The number of carbonyl (C=O) groups excluding carboxylic acids is 1. The number of fused-ring (bicyclic) bond motifs is 1. The minimum Gasteiger partial charge on any atom is -0.481 e. The zero-order chi connectivity index (χ0) is 24.9. The summed E-state index contributed by atoms with van der Waals surface area (Å²) in [6, 6.07) is 3.78. The van der Waals surface area contributed by atoms with E-state index in [1.54, 1.807) is 0 Å². The van der Waals surface area contributed by atoms with E-state index >= 15 is 0 Å². The Labute approximate surface area is 209 Å². The van der Waals surface area contributed by atoms with E-state index < -0.39 is 11.9 Å². The van der Waals surface area contributed by atoms with Crippen molar-refractivity contribution in [3.05, 3.63) is 60.0 Å². The van der Waals surface area contributed by atoms with Gasteiger partial charge in [0.15, 0.2) is 5.78 Å². The van der Waals surface area contributed by atoms with Crippen LogP contribution in [0.1, 0.15) is 76.2 Å². The highest BCUT2D eigenvalue weighted by Crippen LogP contribution is 2.46. The predicted octanol–water partition coefficient (Wildman–Crippen LogP) is 6.60. The number of H-pyrrole nitrogens is 1. The summed E-state index contributed by atoms with van der Waals surface area (Å²) in [5.41, 5.74) is 1.91. The Hall–Kier alpha value is -2.40. The smallest absolute Gasteiger partial charge is 0.309 e. The number of ether oxygens (including phenoxy) is 1. The first-order chi connectivity index (χ1) is 16.9. The molecule has 0 spiro atoms. The molecule has 4 rings (SSSR count). The first-order valence-electron chi connectivity index (χ1n) is 13.6. The second-order valence-corrected chi connectivity index (χ2v) is 10.7. The van der Waals surface area contributed by atoms with Crippen molar-refractivity contribution >= 4 is 11.8 Å². The van der Waals surface area contributed by atoms with E-state index in [2.05, 4.69) is 49.2 Å². The van der Waals surface area contributed by atoms with Gasteiger partial charge in [-0.15, -0.1) is 0 Å². The summed E-state index contributed by atoms with van der Waals surface area (Å²) < 4.78 is 6.42. The molecule has 2 fully saturated rings. The van der Waals surface area contributed by atoms with Gasteiger partial charge in [0.2, 0.25) is 0 Å². The van der Waals surface area contributed by atoms with E-state index in [4.69, 9.17) is 4.74 Å². The van der Waals surface area contributed by atoms with Gasteiger partial charge in [-0.05, 0) is 74.0 Å². The molecule has 0 aromatic carbocycles. The van der Waals surface area contributed by atoms with Gasteiger partial charge in [0.25, 0.3) is 0 Å². The normalized spacial score (nSPS) is 34.1. The van der Waals surface area contributed by atoms with E-state index in [0.717, 1.165) is 25.7 Å². The summed E-state index contributed by atoms with van der Waals surface area (Å²) in [7, 11) is 0. The van der Waals surface area contributed by atoms with Crippen molar-refractivity contribution in [3.63, 3.8) is 0 Å². The summed E-state index contributed by atoms with van der Waals surface area (Å²) in [4.78, 5) is 28.3. The molecule has 1 saturated heterocycles. The lowest BCUT2D eigenvalue weighted by atomic mass is 9.69. The van der Waals surface area contributed by atoms with E-state index in [9.17, 15) is 14.7 Å². The number of nitrogens with one attached hydrogen (secondary N) is 1. The summed E-state index contributed by atoms with van der Waals surface area (Å²) in [6.07, 6.45) is 19.2. The Morgan fingerprint density at radius 3 is 2.71 bits per heavy atom. The number of Topliss-reactive ketones (excluding diaryl/α,β-unsaturated/α-hetero) is 1. The van der Waals surface area contributed by atoms with Crippen LogP contribution in [-0.4, -0.2) is 34.1 Å². The van der Waals surface area contributed by atoms with Crippen molar-refractivity contribution in [2.24, 2.45) is 35.5 Å². The number of carboxylic acid groups (broad SMARTS) is 1. The lowest BCUT2D eigenvalue weighted by Crippen LogP contribution is -2.41. The maximum Gasteiger partial charge on any atom is 0.309 e. The van der Waals surface area contributed by atoms with Crippen LogP contribution in [0.25, 0.3) is 0 Å². The molecule has 1 saturated carbocycles. The molecule has 5 nitrogen and oxygen atoms in total. The van der Waals surface area contributed by atoms with Gasteiger partial charge in [-0.2, -0.15) is 0 Å². The first-order valence-corrected chi connectivity index (χ1v) is 13.6. The molecule has 0 radical (unpaired) electrons. The monoisotopic (exact) mass is 479 g/mol. The van der Waals surface area contributed by atoms with Gasteiger partial charge in [-0.1, -0.05) is 57.6 Å². The lowest BCUT2D eigenvalue weighted by molar-refractivity contribution is -0.154. The van der Waals surface area contributed by atoms with Crippen molar-refractivity contribution in [2.45, 2.75) is 77.9 Å². The van der Waals surface area contributed by atoms with Gasteiger partial charge >= 0.3 is 5.97 Å². The van der Waals surface area contributed by atoms with Crippen LogP contribution in [0.4, 0.5) is 0 Å². The fourth-order valence-corrected chi connectivity index (χ4v) is 6.63. The number of rotatable bonds is 9. The zero-order valence-electron chi connectivity index (χ0n) is 21.4. The van der Waals surface area contributed by atoms with Crippen LogP contribution >= 0.6 is 0 Å². The maximum atomic E-state index is 13.5. The Balaban J connectivity index is 1.53. The first kappa shape index (κ1) is 25.7. The van der Waals surface area contributed by atoms with E-state index in [-0.39, 0.29) is 29.8 Å². The van der Waals surface area contributed by atoms with Crippen LogP contribution < -0.4 is 0 Å². The van der Waals surface area contributed by atoms with E-state index in [0.29, 0.717) is 29.9 Å². The number of aliphatic carboxylic acids is 1. The Bertz CT molecular complexity index is 959. The molecule has 1 aliphatic heterocycles. The number of ketones is 1. The summed E-state index contributed by atoms with van der Waals surface area (Å²) in [5, 5.41) is 9.62. The van der Waals surface area contributed by atoms with Crippen LogP contribution in [0.15, 0.2) is 54.3 Å². The molecular formula is C30H41NO4. The van der Waals surface area contributed by atoms with Crippen molar-refractivity contribution in [2.75, 3.05) is 0 Å². The molecule has 0 amide bonds. The van der Waals surface area contributed by atoms with Crippen molar-refractivity contribution < 1.29 is 19.4 Å². The molecule has 2 N–H and O–H groups in total. The van der Waals surface area contributed by atoms with E-state index in [1.165, 1.54) is 18.4 Å². The van der Waals surface area contributed by atoms with Gasteiger partial charge in [0.05, 0.1) is 23.8 Å². The maximum absolute atomic E-state index is 13.5. The average Bonchev–Trinajstić information content (AvgIpc) is 3.55. The lowest BCUT2D eigenvalue weighted by Gasteiger charge is -2.38. The van der Waals surface area contributed by atoms with Crippen molar-refractivity contribution in [3.8, 4) is 0 Å². The van der Waals surface area contributed by atoms with Gasteiger partial charge < -0.3 is 14.8 Å². The molecule has 0 bridgehead atoms. The van der Waals surface area contributed by atoms with Crippen LogP contribution in [-0.2, 0) is 9.53 Å². The highest BCUT2D eigenvalue weighted by atomic mass is 16.5. The average molecular weight is 480 g/mol. The van der Waals surface area contributed by atoms with E-state index in [1.807, 2.05) is 25.3 Å². The number of allylic oxidation sites excluding steroid dienone is 5. The molecule has 190 valence electrons. The molecule has 1 aromatic heterocycles. The second-order valence-electron chi connectivity index (χ2n) is 10.7. The number of aromatic amines is 1. The molecule has 35 heavy (non-hydrogen) atoms. The highest BCUT2D eigenvalue weighted by molar-refractivity contribution is 5.97. The van der Waals surface area contributed by atoms with Crippen molar-refractivity contribution in [1.29, 1.82) is 0 Å². The second kappa shape index (κ2) is 11.6. The number of carboxylic acids is 1. The standard InChI is InChI=1S/C30H41NO4/c1-4-20(29-19(3)14-17-26(35-29)23(5-2)30(33)34)9-6-11-22-16-15-21-10-7-12-24(21)27(22)28(32)25-13-8-18-31-25/h6,8-9,11,13,15-16,18-19,21-24,26-27,29,31H,4-5,7,10,12,14,17H2,1-3H3,(H,33,34). The van der Waals surface area contributed by atoms with Crippen LogP contribution in [0.2, 0.25) is 0 Å². The zero-order valence-corrected chi connectivity index (χ0v) is 21.4. The quantitative estimate of drug-likeness (QED) is 0.237. The van der Waals surface area contributed by atoms with Crippen LogP contribution in [0, 0.1) is 35.5 Å². The molecular weight excluding hydrogens is 438 g/mol. The van der Waals surface area contributed by atoms with Crippen LogP contribution in [0.3, 0.4) is 0 Å². The Morgan fingerprint density at radius 1 is 1.20 bits per heavy atom. The SMILES string of the molecule is CCC(=CC=CC1C=CC2CCCC2C1C(=O)c1ccc[nH]1)C1OC(C(CC)C(=O)O)CCC1C. The molecule has 1 aromatic rings. The molecule has 5 heteroatoms. The third-order valence-corrected chi connectivity index (χ3v) is 8.62. The van der Waals surface area contributed by atoms with Gasteiger partial charge in [0, 0.05) is 18.0 Å². The predicted molar refractivity (Wildman–Crippen MR) is 138 cm³/mol. The summed E-state index contributed by atoms with van der Waals surface area (Å²) >= 11 is 0.